The Kier molecular flexibility index (Phi) is 3.48. The molecule has 1 aromatic heterocycles. The van der Waals surface area contributed by atoms with Crippen molar-refractivity contribution >= 4 is 0 Å². The summed E-state index contributed by atoms with van der Waals surface area (Å²) in [7, 11) is 0. The van der Waals surface area contributed by atoms with Crippen LogP contribution in [0.4, 0.5) is 4.39 Å². The zero-order valence-corrected chi connectivity index (χ0v) is 11.0. The number of nitrogens with zero attached hydrogens (tertiary/aromatic N) is 2. The van der Waals surface area contributed by atoms with E-state index in [-0.39, 0.29) is 12.4 Å². The van der Waals surface area contributed by atoms with Gasteiger partial charge in [-0.1, -0.05) is 6.07 Å². The van der Waals surface area contributed by atoms with Crippen LogP contribution in [-0.4, -0.2) is 9.78 Å². The Morgan fingerprint density at radius 3 is 2.61 bits per heavy atom. The summed E-state index contributed by atoms with van der Waals surface area (Å²) in [6.45, 7) is 7.10. The molecule has 0 spiro atoms. The third-order valence-corrected chi connectivity index (χ3v) is 3.24. The van der Waals surface area contributed by atoms with Crippen LogP contribution in [0.2, 0.25) is 0 Å². The minimum atomic E-state index is -0.251. The van der Waals surface area contributed by atoms with Gasteiger partial charge in [0.15, 0.2) is 0 Å². The summed E-state index contributed by atoms with van der Waals surface area (Å²) >= 11 is 0. The fourth-order valence-electron chi connectivity index (χ4n) is 2.31. The van der Waals surface area contributed by atoms with Gasteiger partial charge in [-0.3, -0.25) is 4.68 Å². The zero-order chi connectivity index (χ0) is 13.3. The van der Waals surface area contributed by atoms with E-state index in [4.69, 9.17) is 5.73 Å². The monoisotopic (exact) mass is 247 g/mol. The molecule has 0 aliphatic heterocycles. The SMILES string of the molecule is CCn1nc(C)c(-c2ccc(F)c(CN)c2)c1C. The van der Waals surface area contributed by atoms with Crippen LogP contribution in [0, 0.1) is 19.7 Å². The molecule has 4 heteroatoms. The zero-order valence-electron chi connectivity index (χ0n) is 11.0. The molecule has 1 heterocycles. The van der Waals surface area contributed by atoms with Crippen molar-refractivity contribution in [1.82, 2.24) is 9.78 Å². The number of halogens is 1. The van der Waals surface area contributed by atoms with Gasteiger partial charge in [0.1, 0.15) is 5.82 Å². The minimum absolute atomic E-state index is 0.208. The van der Waals surface area contributed by atoms with E-state index >= 15 is 0 Å². The average Bonchev–Trinajstić information content (AvgIpc) is 2.65. The van der Waals surface area contributed by atoms with Gasteiger partial charge in [0.05, 0.1) is 5.69 Å². The molecule has 2 N–H and O–H groups in total. The maximum absolute atomic E-state index is 13.5. The molecule has 96 valence electrons. The molecule has 18 heavy (non-hydrogen) atoms. The molecule has 2 rings (SSSR count). The highest BCUT2D eigenvalue weighted by atomic mass is 19.1. The Bertz CT molecular complexity index is 573. The highest BCUT2D eigenvalue weighted by Crippen LogP contribution is 2.28. The number of nitrogens with two attached hydrogens (primary N) is 1. The molecular weight excluding hydrogens is 229 g/mol. The van der Waals surface area contributed by atoms with Crippen LogP contribution < -0.4 is 5.73 Å². The lowest BCUT2D eigenvalue weighted by Crippen LogP contribution is -2.00. The molecule has 0 saturated heterocycles. The second kappa shape index (κ2) is 4.90. The Labute approximate surface area is 106 Å². The van der Waals surface area contributed by atoms with Crippen LogP contribution in [0.25, 0.3) is 11.1 Å². The Morgan fingerprint density at radius 2 is 2.06 bits per heavy atom. The van der Waals surface area contributed by atoms with Crippen LogP contribution in [0.1, 0.15) is 23.9 Å². The largest absolute Gasteiger partial charge is 0.326 e. The van der Waals surface area contributed by atoms with E-state index in [9.17, 15) is 4.39 Å². The molecule has 0 fully saturated rings. The van der Waals surface area contributed by atoms with Crippen LogP contribution in [0.3, 0.4) is 0 Å². The summed E-state index contributed by atoms with van der Waals surface area (Å²) in [5.74, 6) is -0.251. The standard InChI is InChI=1S/C14H18FN3/c1-4-18-10(3)14(9(2)17-18)11-5-6-13(15)12(7-11)8-16/h5-7H,4,8,16H2,1-3H3. The predicted molar refractivity (Wildman–Crippen MR) is 70.7 cm³/mol. The fourth-order valence-corrected chi connectivity index (χ4v) is 2.31. The summed E-state index contributed by atoms with van der Waals surface area (Å²) in [4.78, 5) is 0. The molecule has 0 atom stereocenters. The molecule has 3 nitrogen and oxygen atoms in total. The third kappa shape index (κ3) is 2.04. The summed E-state index contributed by atoms with van der Waals surface area (Å²) in [6.07, 6.45) is 0. The van der Waals surface area contributed by atoms with Gasteiger partial charge in [-0.2, -0.15) is 5.10 Å². The van der Waals surface area contributed by atoms with Crippen molar-refractivity contribution in [2.75, 3.05) is 0 Å². The molecule has 1 aromatic carbocycles. The first kappa shape index (κ1) is 12.8. The van der Waals surface area contributed by atoms with Crippen molar-refractivity contribution in [2.45, 2.75) is 33.9 Å². The third-order valence-electron chi connectivity index (χ3n) is 3.24. The summed E-state index contributed by atoms with van der Waals surface area (Å²) in [5, 5.41) is 4.47. The molecule has 0 radical (unpaired) electrons. The van der Waals surface area contributed by atoms with Crippen molar-refractivity contribution in [1.29, 1.82) is 0 Å². The Morgan fingerprint density at radius 1 is 1.33 bits per heavy atom. The van der Waals surface area contributed by atoms with Crippen LogP contribution >= 0.6 is 0 Å². The summed E-state index contributed by atoms with van der Waals surface area (Å²) < 4.78 is 15.4. The van der Waals surface area contributed by atoms with Crippen molar-refractivity contribution in [3.8, 4) is 11.1 Å². The van der Waals surface area contributed by atoms with E-state index in [0.717, 1.165) is 29.1 Å². The smallest absolute Gasteiger partial charge is 0.127 e. The highest BCUT2D eigenvalue weighted by molar-refractivity contribution is 5.69. The molecule has 0 amide bonds. The maximum atomic E-state index is 13.5. The maximum Gasteiger partial charge on any atom is 0.127 e. The van der Waals surface area contributed by atoms with Crippen molar-refractivity contribution < 1.29 is 4.39 Å². The molecular formula is C14H18FN3. The van der Waals surface area contributed by atoms with Gasteiger partial charge in [0.2, 0.25) is 0 Å². The van der Waals surface area contributed by atoms with E-state index in [1.165, 1.54) is 6.07 Å². The topological polar surface area (TPSA) is 43.8 Å². The number of hydrogen-bond acceptors (Lipinski definition) is 2. The lowest BCUT2D eigenvalue weighted by atomic mass is 10.0. The number of hydrogen-bond donors (Lipinski definition) is 1. The van der Waals surface area contributed by atoms with Gasteiger partial charge >= 0.3 is 0 Å². The van der Waals surface area contributed by atoms with Crippen LogP contribution in [0.5, 0.6) is 0 Å². The molecule has 0 bridgehead atoms. The molecule has 0 saturated carbocycles. The number of benzene rings is 1. The molecule has 0 unspecified atom stereocenters. The average molecular weight is 247 g/mol. The van der Waals surface area contributed by atoms with Crippen molar-refractivity contribution in [3.63, 3.8) is 0 Å². The lowest BCUT2D eigenvalue weighted by molar-refractivity contribution is 0.611. The Hall–Kier alpha value is -1.68. The number of rotatable bonds is 3. The molecule has 0 aliphatic carbocycles. The summed E-state index contributed by atoms with van der Waals surface area (Å²) in [6, 6.07) is 5.07. The van der Waals surface area contributed by atoms with E-state index in [0.29, 0.717) is 5.56 Å². The van der Waals surface area contributed by atoms with Gasteiger partial charge in [0.25, 0.3) is 0 Å². The predicted octanol–water partition coefficient (Wildman–Crippen LogP) is 2.78. The first-order valence-corrected chi connectivity index (χ1v) is 6.11. The fraction of sp³-hybridized carbons (Fsp3) is 0.357. The lowest BCUT2D eigenvalue weighted by Gasteiger charge is -2.06. The van der Waals surface area contributed by atoms with Crippen LogP contribution in [-0.2, 0) is 13.1 Å². The number of aromatic nitrogens is 2. The van der Waals surface area contributed by atoms with Gasteiger partial charge in [0, 0.05) is 29.9 Å². The second-order valence-electron chi connectivity index (χ2n) is 4.37. The van der Waals surface area contributed by atoms with Gasteiger partial charge < -0.3 is 5.73 Å². The first-order valence-electron chi connectivity index (χ1n) is 6.11. The van der Waals surface area contributed by atoms with E-state index in [1.54, 1.807) is 6.07 Å². The van der Waals surface area contributed by atoms with E-state index < -0.39 is 0 Å². The van der Waals surface area contributed by atoms with E-state index in [2.05, 4.69) is 12.0 Å². The first-order chi connectivity index (χ1) is 8.58. The minimum Gasteiger partial charge on any atom is -0.326 e. The normalized spacial score (nSPS) is 10.9. The van der Waals surface area contributed by atoms with Crippen LogP contribution in [0.15, 0.2) is 18.2 Å². The molecule has 0 aliphatic rings. The van der Waals surface area contributed by atoms with Crippen molar-refractivity contribution in [3.05, 3.63) is 41.0 Å². The quantitative estimate of drug-likeness (QED) is 0.906. The second-order valence-corrected chi connectivity index (χ2v) is 4.37. The van der Waals surface area contributed by atoms with Gasteiger partial charge in [-0.05, 0) is 38.5 Å². The number of aryl methyl sites for hydroxylation is 2. The van der Waals surface area contributed by atoms with Crippen molar-refractivity contribution in [2.24, 2.45) is 5.73 Å². The van der Waals surface area contributed by atoms with E-state index in [1.807, 2.05) is 24.6 Å². The van der Waals surface area contributed by atoms with Gasteiger partial charge in [-0.25, -0.2) is 4.39 Å². The highest BCUT2D eigenvalue weighted by Gasteiger charge is 2.13. The summed E-state index contributed by atoms with van der Waals surface area (Å²) in [5.41, 5.74) is 10.2. The Balaban J connectivity index is 2.58. The molecule has 2 aromatic rings. The van der Waals surface area contributed by atoms with Gasteiger partial charge in [-0.15, -0.1) is 0 Å².